The number of ether oxygens (including phenoxy) is 1. The molecule has 3 rings (SSSR count). The van der Waals surface area contributed by atoms with Gasteiger partial charge in [0.1, 0.15) is 0 Å². The van der Waals surface area contributed by atoms with Gasteiger partial charge in [0.05, 0.1) is 5.69 Å². The largest absolute Gasteiger partial charge is 0.452 e. The van der Waals surface area contributed by atoms with E-state index in [1.165, 1.54) is 19.8 Å². The highest BCUT2D eigenvalue weighted by molar-refractivity contribution is 7.99. The second kappa shape index (κ2) is 7.82. The second-order valence-corrected chi connectivity index (χ2v) is 6.99. The van der Waals surface area contributed by atoms with Gasteiger partial charge < -0.3 is 4.74 Å². The molecule has 2 aromatic rings. The molecule has 2 heterocycles. The van der Waals surface area contributed by atoms with Gasteiger partial charge in [0, 0.05) is 18.2 Å². The zero-order chi connectivity index (χ0) is 17.8. The number of thioether (sulfide) groups is 1. The van der Waals surface area contributed by atoms with Crippen molar-refractivity contribution in [3.63, 3.8) is 0 Å². The number of rotatable bonds is 5. The molecule has 7 heteroatoms. The van der Waals surface area contributed by atoms with Crippen LogP contribution in [0.1, 0.15) is 40.0 Å². The molecule has 0 aliphatic carbocycles. The third kappa shape index (κ3) is 3.76. The molecular formula is C18H22N4O2S. The molecule has 0 unspecified atom stereocenters. The Morgan fingerprint density at radius 1 is 1.28 bits per heavy atom. The fraction of sp³-hybridized carbons (Fsp3) is 0.444. The second-order valence-electron chi connectivity index (χ2n) is 5.93. The summed E-state index contributed by atoms with van der Waals surface area (Å²) in [6, 6.07) is 7.61. The zero-order valence-corrected chi connectivity index (χ0v) is 15.5. The summed E-state index contributed by atoms with van der Waals surface area (Å²) in [6.07, 6.45) is 3.04. The van der Waals surface area contributed by atoms with Crippen molar-refractivity contribution < 1.29 is 9.53 Å². The van der Waals surface area contributed by atoms with Gasteiger partial charge in [-0.1, -0.05) is 49.7 Å². The van der Waals surface area contributed by atoms with Crippen LogP contribution < -0.4 is 9.64 Å². The number of amides is 1. The first-order chi connectivity index (χ1) is 12.1. The average Bonchev–Trinajstić information content (AvgIpc) is 2.71. The first-order valence-corrected chi connectivity index (χ1v) is 9.53. The van der Waals surface area contributed by atoms with Gasteiger partial charge >= 0.3 is 0 Å². The monoisotopic (exact) mass is 358 g/mol. The molecule has 1 aliphatic rings. The molecule has 0 N–H and O–H groups in total. The Hall–Kier alpha value is -2.15. The van der Waals surface area contributed by atoms with Crippen LogP contribution in [0.15, 0.2) is 29.4 Å². The van der Waals surface area contributed by atoms with Gasteiger partial charge in [0.2, 0.25) is 16.9 Å². The maximum absolute atomic E-state index is 12.1. The van der Waals surface area contributed by atoms with Crippen LogP contribution in [-0.4, -0.2) is 33.1 Å². The van der Waals surface area contributed by atoms with E-state index in [0.29, 0.717) is 16.7 Å². The Bertz CT molecular complexity index is 768. The lowest BCUT2D eigenvalue weighted by Crippen LogP contribution is -2.40. The number of carbonyl (C=O) groups excluding carboxylic acids is 1. The smallest absolute Gasteiger partial charge is 0.247 e. The molecule has 1 amide bonds. The number of carbonyl (C=O) groups is 1. The number of aromatic nitrogens is 3. The third-order valence-electron chi connectivity index (χ3n) is 4.02. The number of nitrogens with zero attached hydrogens (tertiary/aromatic N) is 4. The molecule has 0 saturated carbocycles. The highest BCUT2D eigenvalue weighted by Crippen LogP contribution is 2.39. The van der Waals surface area contributed by atoms with Crippen molar-refractivity contribution >= 4 is 23.4 Å². The van der Waals surface area contributed by atoms with Gasteiger partial charge in [-0.3, -0.25) is 9.69 Å². The van der Waals surface area contributed by atoms with E-state index in [1.807, 2.05) is 31.2 Å². The molecule has 1 aromatic carbocycles. The van der Waals surface area contributed by atoms with Gasteiger partial charge in [-0.15, -0.1) is 10.2 Å². The highest BCUT2D eigenvalue weighted by atomic mass is 32.2. The van der Waals surface area contributed by atoms with Crippen LogP contribution in [0.2, 0.25) is 0 Å². The van der Waals surface area contributed by atoms with E-state index in [1.54, 1.807) is 16.7 Å². The molecule has 6 nitrogen and oxygen atoms in total. The summed E-state index contributed by atoms with van der Waals surface area (Å²) in [6.45, 7) is 5.54. The predicted octanol–water partition coefficient (Wildman–Crippen LogP) is 3.91. The molecule has 1 aromatic heterocycles. The number of hydrogen-bond acceptors (Lipinski definition) is 6. The summed E-state index contributed by atoms with van der Waals surface area (Å²) in [5, 5.41) is 9.20. The molecule has 132 valence electrons. The first kappa shape index (κ1) is 17.7. The predicted molar refractivity (Wildman–Crippen MR) is 98.8 cm³/mol. The van der Waals surface area contributed by atoms with Gasteiger partial charge in [0.15, 0.2) is 11.9 Å². The summed E-state index contributed by atoms with van der Waals surface area (Å²) in [4.78, 5) is 18.3. The van der Waals surface area contributed by atoms with Gasteiger partial charge in [-0.05, 0) is 19.4 Å². The van der Waals surface area contributed by atoms with E-state index in [4.69, 9.17) is 4.74 Å². The van der Waals surface area contributed by atoms with Crippen molar-refractivity contribution in [3.8, 4) is 17.1 Å². The van der Waals surface area contributed by atoms with E-state index in [9.17, 15) is 4.79 Å². The third-order valence-corrected chi connectivity index (χ3v) is 4.94. The summed E-state index contributed by atoms with van der Waals surface area (Å²) >= 11 is 1.58. The molecule has 0 fully saturated rings. The van der Waals surface area contributed by atoms with Crippen LogP contribution in [0, 0.1) is 0 Å². The lowest BCUT2D eigenvalue weighted by molar-refractivity contribution is -0.118. The number of para-hydroxylation sites is 1. The van der Waals surface area contributed by atoms with E-state index in [0.717, 1.165) is 23.4 Å². The Kier molecular flexibility index (Phi) is 5.53. The van der Waals surface area contributed by atoms with Crippen molar-refractivity contribution in [2.45, 2.75) is 51.4 Å². The standard InChI is InChI=1S/C18H22N4O2S/c1-4-5-8-11-25-18-19-17-16(20-21-18)14-9-6-7-10-15(14)22(12(2)23)13(3)24-17/h6-7,9-10,13H,4-5,8,11H2,1-3H3/t13-/m0/s1. The van der Waals surface area contributed by atoms with E-state index in [-0.39, 0.29) is 5.91 Å². The minimum Gasteiger partial charge on any atom is -0.452 e. The van der Waals surface area contributed by atoms with Gasteiger partial charge in [-0.25, -0.2) is 0 Å². The van der Waals surface area contributed by atoms with Crippen molar-refractivity contribution in [3.05, 3.63) is 24.3 Å². The fourth-order valence-electron chi connectivity index (χ4n) is 2.85. The van der Waals surface area contributed by atoms with Crippen molar-refractivity contribution in [2.75, 3.05) is 10.7 Å². The Morgan fingerprint density at radius 2 is 2.08 bits per heavy atom. The van der Waals surface area contributed by atoms with Crippen LogP contribution in [0.25, 0.3) is 11.3 Å². The number of fused-ring (bicyclic) bond motifs is 3. The quantitative estimate of drug-likeness (QED) is 0.596. The average molecular weight is 358 g/mol. The van der Waals surface area contributed by atoms with Gasteiger partial charge in [-0.2, -0.15) is 4.98 Å². The van der Waals surface area contributed by atoms with E-state index >= 15 is 0 Å². The number of anilines is 1. The van der Waals surface area contributed by atoms with E-state index in [2.05, 4.69) is 22.1 Å². The van der Waals surface area contributed by atoms with Crippen molar-refractivity contribution in [1.82, 2.24) is 15.2 Å². The normalized spacial score (nSPS) is 15.8. The van der Waals surface area contributed by atoms with Crippen LogP contribution in [0.5, 0.6) is 5.88 Å². The van der Waals surface area contributed by atoms with Crippen LogP contribution in [-0.2, 0) is 4.79 Å². The topological polar surface area (TPSA) is 68.2 Å². The molecule has 25 heavy (non-hydrogen) atoms. The molecule has 0 saturated heterocycles. The molecule has 0 spiro atoms. The van der Waals surface area contributed by atoms with Crippen LogP contribution in [0.4, 0.5) is 5.69 Å². The molecule has 1 atom stereocenters. The van der Waals surface area contributed by atoms with Crippen molar-refractivity contribution in [2.24, 2.45) is 0 Å². The molecule has 0 bridgehead atoms. The number of hydrogen-bond donors (Lipinski definition) is 0. The number of unbranched alkanes of at least 4 members (excludes halogenated alkanes) is 2. The zero-order valence-electron chi connectivity index (χ0n) is 14.7. The van der Waals surface area contributed by atoms with Crippen molar-refractivity contribution in [1.29, 1.82) is 0 Å². The fourth-order valence-corrected chi connectivity index (χ4v) is 3.62. The summed E-state index contributed by atoms with van der Waals surface area (Å²) in [7, 11) is 0. The Morgan fingerprint density at radius 3 is 2.84 bits per heavy atom. The Labute approximate surface area is 152 Å². The first-order valence-electron chi connectivity index (χ1n) is 8.55. The maximum Gasteiger partial charge on any atom is 0.247 e. The highest BCUT2D eigenvalue weighted by Gasteiger charge is 2.30. The van der Waals surface area contributed by atoms with E-state index < -0.39 is 6.23 Å². The SMILES string of the molecule is CCCCCSc1nnc2c(n1)O[C@@H](C)N(C(C)=O)c1ccccc1-2. The van der Waals surface area contributed by atoms with Crippen LogP contribution in [0.3, 0.4) is 0 Å². The molecular weight excluding hydrogens is 336 g/mol. The lowest BCUT2D eigenvalue weighted by Gasteiger charge is -2.26. The minimum absolute atomic E-state index is 0.0881. The Balaban J connectivity index is 1.95. The minimum atomic E-state index is -0.463. The molecule has 0 radical (unpaired) electrons. The summed E-state index contributed by atoms with van der Waals surface area (Å²) in [5.41, 5.74) is 2.14. The summed E-state index contributed by atoms with van der Waals surface area (Å²) in [5.74, 6) is 1.30. The van der Waals surface area contributed by atoms with Crippen LogP contribution >= 0.6 is 11.8 Å². The maximum atomic E-state index is 12.1. The summed E-state index contributed by atoms with van der Waals surface area (Å²) < 4.78 is 5.96. The molecule has 1 aliphatic heterocycles. The number of benzene rings is 1. The lowest BCUT2D eigenvalue weighted by atomic mass is 10.1. The van der Waals surface area contributed by atoms with Gasteiger partial charge in [0.25, 0.3) is 0 Å².